The zero-order valence-corrected chi connectivity index (χ0v) is 15.2. The highest BCUT2D eigenvalue weighted by atomic mass is 35.5. The molecule has 1 atom stereocenters. The Labute approximate surface area is 151 Å². The summed E-state index contributed by atoms with van der Waals surface area (Å²) in [5.74, 6) is -0.526. The molecule has 1 saturated heterocycles. The summed E-state index contributed by atoms with van der Waals surface area (Å²) in [7, 11) is 0. The first-order valence-corrected chi connectivity index (χ1v) is 9.02. The minimum atomic E-state index is -4.78. The minimum absolute atomic E-state index is 0.0368. The van der Waals surface area contributed by atoms with E-state index < -0.39 is 11.7 Å². The topological polar surface area (TPSA) is 32.8 Å². The van der Waals surface area contributed by atoms with Gasteiger partial charge in [-0.2, -0.15) is 0 Å². The van der Waals surface area contributed by atoms with Crippen molar-refractivity contribution in [3.63, 3.8) is 0 Å². The molecule has 142 valence electrons. The largest absolute Gasteiger partial charge is 0.572 e. The van der Waals surface area contributed by atoms with Crippen LogP contribution in [0.15, 0.2) is 23.5 Å². The molecule has 1 heterocycles. The molecule has 0 saturated carbocycles. The van der Waals surface area contributed by atoms with E-state index in [1.807, 2.05) is 0 Å². The Balaban J connectivity index is 1.96. The van der Waals surface area contributed by atoms with Crippen LogP contribution in [-0.2, 0) is 9.53 Å². The van der Waals surface area contributed by atoms with Crippen LogP contribution in [0, 0.1) is 0 Å². The van der Waals surface area contributed by atoms with Gasteiger partial charge >= 0.3 is 6.36 Å². The lowest BCUT2D eigenvalue weighted by atomic mass is 10.0. The van der Waals surface area contributed by atoms with Gasteiger partial charge in [0.1, 0.15) is 5.76 Å². The van der Waals surface area contributed by atoms with E-state index in [-0.39, 0.29) is 18.1 Å². The molecule has 1 fully saturated rings. The second kappa shape index (κ2) is 8.45. The number of halogens is 4. The van der Waals surface area contributed by atoms with E-state index in [4.69, 9.17) is 11.6 Å². The smallest absolute Gasteiger partial charge is 0.409 e. The van der Waals surface area contributed by atoms with Gasteiger partial charge in [-0.05, 0) is 18.9 Å². The van der Waals surface area contributed by atoms with Crippen LogP contribution in [0.25, 0.3) is 0 Å². The number of rotatable bonds is 5. The number of nitrogens with zero attached hydrogens (tertiary/aromatic N) is 2. The lowest BCUT2D eigenvalue weighted by Gasteiger charge is -2.39. The number of ether oxygens (including phenoxy) is 1. The third-order valence-corrected chi connectivity index (χ3v) is 5.09. The molecule has 0 spiro atoms. The summed E-state index contributed by atoms with van der Waals surface area (Å²) in [6.07, 6.45) is -0.0562. The molecule has 1 unspecified atom stereocenters. The second-order valence-corrected chi connectivity index (χ2v) is 6.81. The van der Waals surface area contributed by atoms with E-state index in [1.165, 1.54) is 6.08 Å². The molecule has 4 nitrogen and oxygen atoms in total. The first kappa shape index (κ1) is 20.1. The van der Waals surface area contributed by atoms with Crippen LogP contribution in [0.5, 0.6) is 0 Å². The van der Waals surface area contributed by atoms with Gasteiger partial charge in [0.15, 0.2) is 0 Å². The normalized spacial score (nSPS) is 22.7. The summed E-state index contributed by atoms with van der Waals surface area (Å²) in [5.41, 5.74) is 0.422. The second-order valence-electron chi connectivity index (χ2n) is 6.28. The van der Waals surface area contributed by atoms with Crippen molar-refractivity contribution in [2.45, 2.75) is 50.9 Å². The van der Waals surface area contributed by atoms with E-state index in [2.05, 4.69) is 23.5 Å². The highest BCUT2D eigenvalue weighted by Crippen LogP contribution is 2.31. The standard InChI is InChI=1S/C17H24ClF3N2O2/c1-3-13(4-2)22-7-9-23(10-8-22)16(24)12-5-6-15(14(18)11-12)25-17(19,20)21/h5-6,13-14H,3-4,7-11H2,1-2H3. The predicted octanol–water partition coefficient (Wildman–Crippen LogP) is 3.68. The van der Waals surface area contributed by atoms with E-state index in [1.54, 1.807) is 4.90 Å². The quantitative estimate of drug-likeness (QED) is 0.682. The molecule has 25 heavy (non-hydrogen) atoms. The predicted molar refractivity (Wildman–Crippen MR) is 90.1 cm³/mol. The van der Waals surface area contributed by atoms with E-state index in [0.717, 1.165) is 32.0 Å². The van der Waals surface area contributed by atoms with Crippen molar-refractivity contribution in [2.75, 3.05) is 26.2 Å². The number of carbonyl (C=O) groups excluding carboxylic acids is 1. The molecule has 1 aliphatic heterocycles. The summed E-state index contributed by atoms with van der Waals surface area (Å²) in [4.78, 5) is 16.7. The van der Waals surface area contributed by atoms with Gasteiger partial charge in [-0.15, -0.1) is 24.8 Å². The number of hydrogen-bond donors (Lipinski definition) is 0. The van der Waals surface area contributed by atoms with E-state index >= 15 is 0 Å². The average Bonchev–Trinajstić information content (AvgIpc) is 2.57. The Morgan fingerprint density at radius 3 is 2.32 bits per heavy atom. The third-order valence-electron chi connectivity index (χ3n) is 4.73. The van der Waals surface area contributed by atoms with Crippen molar-refractivity contribution >= 4 is 17.5 Å². The Hall–Kier alpha value is -1.21. The first-order chi connectivity index (χ1) is 11.7. The van der Waals surface area contributed by atoms with Gasteiger partial charge in [-0.3, -0.25) is 9.69 Å². The maximum Gasteiger partial charge on any atom is 0.572 e. The van der Waals surface area contributed by atoms with Crippen molar-refractivity contribution in [3.05, 3.63) is 23.5 Å². The highest BCUT2D eigenvalue weighted by Gasteiger charge is 2.36. The summed E-state index contributed by atoms with van der Waals surface area (Å²) in [6.45, 7) is 7.19. The molecule has 8 heteroatoms. The molecule has 0 aromatic heterocycles. The van der Waals surface area contributed by atoms with Crippen molar-refractivity contribution in [3.8, 4) is 0 Å². The molecule has 0 bridgehead atoms. The summed E-state index contributed by atoms with van der Waals surface area (Å²) < 4.78 is 40.8. The maximum atomic E-state index is 12.6. The Bertz CT molecular complexity index is 537. The van der Waals surface area contributed by atoms with E-state index in [0.29, 0.717) is 24.7 Å². The van der Waals surface area contributed by atoms with Crippen molar-refractivity contribution in [1.82, 2.24) is 9.80 Å². The molecular formula is C17H24ClF3N2O2. The fourth-order valence-corrected chi connectivity index (χ4v) is 3.62. The van der Waals surface area contributed by atoms with Gasteiger partial charge in [0.25, 0.3) is 0 Å². The van der Waals surface area contributed by atoms with Gasteiger partial charge in [0.05, 0.1) is 5.38 Å². The summed E-state index contributed by atoms with van der Waals surface area (Å²) in [6, 6.07) is 0.531. The SMILES string of the molecule is CCC(CC)N1CCN(C(=O)C2=CC=C(OC(F)(F)F)C(Cl)C2)CC1. The minimum Gasteiger partial charge on any atom is -0.409 e. The fourth-order valence-electron chi connectivity index (χ4n) is 3.34. The van der Waals surface area contributed by atoms with Crippen LogP contribution in [0.1, 0.15) is 33.1 Å². The van der Waals surface area contributed by atoms with Crippen molar-refractivity contribution in [2.24, 2.45) is 0 Å². The van der Waals surface area contributed by atoms with Crippen molar-refractivity contribution < 1.29 is 22.7 Å². The van der Waals surface area contributed by atoms with Gasteiger partial charge in [0, 0.05) is 44.2 Å². The molecule has 2 rings (SSSR count). The molecular weight excluding hydrogens is 357 g/mol. The molecule has 1 amide bonds. The zero-order chi connectivity index (χ0) is 18.6. The average molecular weight is 381 g/mol. The molecule has 0 radical (unpaired) electrons. The van der Waals surface area contributed by atoms with Crippen LogP contribution < -0.4 is 0 Å². The van der Waals surface area contributed by atoms with Gasteiger partial charge in [-0.25, -0.2) is 0 Å². The zero-order valence-electron chi connectivity index (χ0n) is 14.5. The molecule has 0 N–H and O–H groups in total. The Morgan fingerprint density at radius 2 is 1.84 bits per heavy atom. The van der Waals surface area contributed by atoms with Gasteiger partial charge in [0.2, 0.25) is 5.91 Å². The summed E-state index contributed by atoms with van der Waals surface area (Å²) in [5, 5.41) is -0.989. The van der Waals surface area contributed by atoms with Gasteiger partial charge < -0.3 is 9.64 Å². The Kier molecular flexibility index (Phi) is 6.79. The van der Waals surface area contributed by atoms with Crippen LogP contribution in [-0.4, -0.2) is 59.7 Å². The van der Waals surface area contributed by atoms with Crippen LogP contribution >= 0.6 is 11.6 Å². The van der Waals surface area contributed by atoms with Crippen LogP contribution in [0.2, 0.25) is 0 Å². The van der Waals surface area contributed by atoms with Crippen LogP contribution in [0.4, 0.5) is 13.2 Å². The van der Waals surface area contributed by atoms with Crippen molar-refractivity contribution in [1.29, 1.82) is 0 Å². The number of allylic oxidation sites excluding steroid dienone is 3. The lowest BCUT2D eigenvalue weighted by molar-refractivity contribution is -0.306. The molecule has 0 aromatic rings. The highest BCUT2D eigenvalue weighted by molar-refractivity contribution is 6.23. The summed E-state index contributed by atoms with van der Waals surface area (Å²) >= 11 is 5.96. The number of alkyl halides is 4. The third kappa shape index (κ3) is 5.38. The number of piperazine rings is 1. The number of carbonyl (C=O) groups is 1. The van der Waals surface area contributed by atoms with Gasteiger partial charge in [-0.1, -0.05) is 19.9 Å². The molecule has 2 aliphatic rings. The monoisotopic (exact) mass is 380 g/mol. The molecule has 1 aliphatic carbocycles. The van der Waals surface area contributed by atoms with Crippen LogP contribution in [0.3, 0.4) is 0 Å². The number of amides is 1. The molecule has 0 aromatic carbocycles. The first-order valence-electron chi connectivity index (χ1n) is 8.59. The maximum absolute atomic E-state index is 12.6. The number of hydrogen-bond acceptors (Lipinski definition) is 3. The van der Waals surface area contributed by atoms with E-state index in [9.17, 15) is 18.0 Å². The Morgan fingerprint density at radius 1 is 1.24 bits per heavy atom. The lowest BCUT2D eigenvalue weighted by Crippen LogP contribution is -2.52. The fraction of sp³-hybridized carbons (Fsp3) is 0.706.